The fraction of sp³-hybridized carbons (Fsp3) is 0.647. The van der Waals surface area contributed by atoms with Crippen LogP contribution in [-0.2, 0) is 28.4 Å². The maximum Gasteiger partial charge on any atom is 0.186 e. The van der Waals surface area contributed by atoms with Gasteiger partial charge in [0.2, 0.25) is 0 Å². The fourth-order valence-corrected chi connectivity index (χ4v) is 2.94. The Bertz CT molecular complexity index is 497. The molecule has 2 aliphatic rings. The van der Waals surface area contributed by atoms with Crippen LogP contribution in [0.2, 0.25) is 0 Å². The predicted octanol–water partition coefficient (Wildman–Crippen LogP) is 1.21. The lowest BCUT2D eigenvalue weighted by Gasteiger charge is -2.47. The van der Waals surface area contributed by atoms with E-state index in [-0.39, 0.29) is 12.9 Å². The second kappa shape index (κ2) is 8.35. The maximum absolute atomic E-state index is 10.5. The lowest BCUT2D eigenvalue weighted by Crippen LogP contribution is -2.63. The van der Waals surface area contributed by atoms with E-state index in [9.17, 15) is 5.11 Å². The first-order chi connectivity index (χ1) is 11.7. The van der Waals surface area contributed by atoms with Crippen molar-refractivity contribution < 1.29 is 33.5 Å². The van der Waals surface area contributed by atoms with E-state index in [0.717, 1.165) is 5.56 Å². The van der Waals surface area contributed by atoms with Gasteiger partial charge < -0.3 is 33.5 Å². The highest BCUT2D eigenvalue weighted by molar-refractivity contribution is 5.16. The summed E-state index contributed by atoms with van der Waals surface area (Å²) in [5, 5.41) is 10.5. The third-order valence-corrected chi connectivity index (χ3v) is 4.16. The molecule has 0 saturated carbocycles. The van der Waals surface area contributed by atoms with E-state index in [2.05, 4.69) is 0 Å². The van der Waals surface area contributed by atoms with Gasteiger partial charge in [-0.25, -0.2) is 0 Å². The molecule has 7 nitrogen and oxygen atoms in total. The van der Waals surface area contributed by atoms with Gasteiger partial charge in [-0.15, -0.1) is 0 Å². The molecule has 7 heteroatoms. The molecule has 0 spiro atoms. The van der Waals surface area contributed by atoms with Crippen LogP contribution in [0.1, 0.15) is 18.8 Å². The molecule has 1 aromatic carbocycles. The molecule has 2 saturated heterocycles. The van der Waals surface area contributed by atoms with Crippen molar-refractivity contribution in [2.24, 2.45) is 0 Å². The summed E-state index contributed by atoms with van der Waals surface area (Å²) < 4.78 is 33.7. The number of aliphatic hydroxyl groups is 1. The lowest BCUT2D eigenvalue weighted by molar-refractivity contribution is -0.367. The highest BCUT2D eigenvalue weighted by Gasteiger charge is 2.50. The van der Waals surface area contributed by atoms with Crippen molar-refractivity contribution in [1.82, 2.24) is 0 Å². The molecule has 3 rings (SSSR count). The maximum atomic E-state index is 10.5. The van der Waals surface area contributed by atoms with Crippen LogP contribution in [0.15, 0.2) is 30.3 Å². The van der Waals surface area contributed by atoms with Crippen LogP contribution < -0.4 is 0 Å². The van der Waals surface area contributed by atoms with Crippen LogP contribution in [0.4, 0.5) is 0 Å². The number of hydrogen-bond acceptors (Lipinski definition) is 7. The highest BCUT2D eigenvalue weighted by atomic mass is 16.8. The number of fused-ring (bicyclic) bond motifs is 1. The zero-order valence-corrected chi connectivity index (χ0v) is 13.9. The Morgan fingerprint density at radius 1 is 1.21 bits per heavy atom. The molecule has 0 aromatic heterocycles. The van der Waals surface area contributed by atoms with Gasteiger partial charge in [0, 0.05) is 19.3 Å². The number of aliphatic hydroxyl groups excluding tert-OH is 1. The second-order valence-electron chi connectivity index (χ2n) is 5.69. The smallest absolute Gasteiger partial charge is 0.186 e. The van der Waals surface area contributed by atoms with Gasteiger partial charge in [-0.1, -0.05) is 30.3 Å². The third-order valence-electron chi connectivity index (χ3n) is 4.16. The van der Waals surface area contributed by atoms with Crippen molar-refractivity contribution in [3.8, 4) is 0 Å². The molecule has 1 N–H and O–H groups in total. The molecule has 2 unspecified atom stereocenters. The van der Waals surface area contributed by atoms with Crippen molar-refractivity contribution in [3.63, 3.8) is 0 Å². The summed E-state index contributed by atoms with van der Waals surface area (Å²) in [5.74, 6) is 0. The summed E-state index contributed by atoms with van der Waals surface area (Å²) in [5.41, 5.74) is 0.905. The lowest BCUT2D eigenvalue weighted by atomic mass is 9.97. The Morgan fingerprint density at radius 3 is 2.71 bits per heavy atom. The molecule has 0 bridgehead atoms. The molecule has 2 heterocycles. The first-order valence-electron chi connectivity index (χ1n) is 8.12. The van der Waals surface area contributed by atoms with E-state index in [0.29, 0.717) is 13.2 Å². The van der Waals surface area contributed by atoms with E-state index >= 15 is 0 Å². The van der Waals surface area contributed by atoms with E-state index in [4.69, 9.17) is 28.4 Å². The van der Waals surface area contributed by atoms with Crippen molar-refractivity contribution >= 4 is 0 Å². The Balaban J connectivity index is 1.73. The van der Waals surface area contributed by atoms with Crippen LogP contribution in [0.25, 0.3) is 0 Å². The number of benzene rings is 1. The molecular weight excluding hydrogens is 316 g/mol. The van der Waals surface area contributed by atoms with Crippen molar-refractivity contribution in [1.29, 1.82) is 0 Å². The Labute approximate surface area is 141 Å². The zero-order valence-electron chi connectivity index (χ0n) is 13.9. The van der Waals surface area contributed by atoms with Gasteiger partial charge in [-0.05, 0) is 6.92 Å². The molecule has 134 valence electrons. The molecular formula is C17H24O7. The largest absolute Gasteiger partial charge is 0.385 e. The molecule has 2 aliphatic heterocycles. The third kappa shape index (κ3) is 3.78. The molecule has 0 amide bonds. The van der Waals surface area contributed by atoms with Crippen molar-refractivity contribution in [2.75, 3.05) is 27.1 Å². The van der Waals surface area contributed by atoms with Crippen LogP contribution in [0, 0.1) is 0 Å². The molecule has 2 fully saturated rings. The summed E-state index contributed by atoms with van der Waals surface area (Å²) in [4.78, 5) is 0. The average molecular weight is 340 g/mol. The average Bonchev–Trinajstić information content (AvgIpc) is 2.63. The van der Waals surface area contributed by atoms with Crippen LogP contribution in [-0.4, -0.2) is 62.9 Å². The standard InChI is InChI=1S/C17H24O7/c1-3-20-10-22-15-13(18)17(19-2)23-12-9-21-16(24-14(12)15)11-7-5-4-6-8-11/h4-8,12-18H,3,9-10H2,1-2H3/t12-,13-,14-,15-,16?,17?/m1/s1. The van der Waals surface area contributed by atoms with Gasteiger partial charge in [0.25, 0.3) is 0 Å². The minimum atomic E-state index is -0.980. The Morgan fingerprint density at radius 2 is 2.00 bits per heavy atom. The topological polar surface area (TPSA) is 75.6 Å². The normalized spacial score (nSPS) is 36.3. The molecule has 1 aromatic rings. The van der Waals surface area contributed by atoms with E-state index in [1.165, 1.54) is 7.11 Å². The monoisotopic (exact) mass is 340 g/mol. The van der Waals surface area contributed by atoms with E-state index < -0.39 is 30.9 Å². The van der Waals surface area contributed by atoms with Gasteiger partial charge in [0.1, 0.15) is 31.2 Å². The number of hydrogen-bond donors (Lipinski definition) is 1. The highest BCUT2D eigenvalue weighted by Crippen LogP contribution is 2.35. The molecule has 24 heavy (non-hydrogen) atoms. The van der Waals surface area contributed by atoms with Crippen LogP contribution in [0.3, 0.4) is 0 Å². The summed E-state index contributed by atoms with van der Waals surface area (Å²) in [6, 6.07) is 9.63. The predicted molar refractivity (Wildman–Crippen MR) is 83.1 cm³/mol. The first kappa shape index (κ1) is 17.8. The first-order valence-corrected chi connectivity index (χ1v) is 8.12. The van der Waals surface area contributed by atoms with Gasteiger partial charge in [-0.3, -0.25) is 0 Å². The summed E-state index contributed by atoms with van der Waals surface area (Å²) in [6.45, 7) is 2.79. The molecule has 0 radical (unpaired) electrons. The Hall–Kier alpha value is -1.06. The van der Waals surface area contributed by atoms with Crippen LogP contribution >= 0.6 is 0 Å². The van der Waals surface area contributed by atoms with Gasteiger partial charge in [0.05, 0.1) is 6.61 Å². The fourth-order valence-electron chi connectivity index (χ4n) is 2.94. The summed E-state index contributed by atoms with van der Waals surface area (Å²) >= 11 is 0. The SMILES string of the molecule is CCOCO[C@H]1[C@@H]2OC(c3ccccc3)OC[C@H]2OC(OC)[C@@H]1O. The van der Waals surface area contributed by atoms with Crippen molar-refractivity contribution in [3.05, 3.63) is 35.9 Å². The number of ether oxygens (including phenoxy) is 6. The zero-order chi connectivity index (χ0) is 16.9. The van der Waals surface area contributed by atoms with Gasteiger partial charge in [-0.2, -0.15) is 0 Å². The van der Waals surface area contributed by atoms with Crippen molar-refractivity contribution in [2.45, 2.75) is 43.9 Å². The quantitative estimate of drug-likeness (QED) is 0.616. The summed E-state index contributed by atoms with van der Waals surface area (Å²) in [7, 11) is 1.48. The number of methoxy groups -OCH3 is 1. The second-order valence-corrected chi connectivity index (χ2v) is 5.69. The van der Waals surface area contributed by atoms with E-state index in [1.807, 2.05) is 37.3 Å². The summed E-state index contributed by atoms with van der Waals surface area (Å²) in [6.07, 6.45) is -3.80. The molecule has 6 atom stereocenters. The molecule has 0 aliphatic carbocycles. The van der Waals surface area contributed by atoms with Gasteiger partial charge >= 0.3 is 0 Å². The minimum absolute atomic E-state index is 0.0676. The Kier molecular flexibility index (Phi) is 6.18. The van der Waals surface area contributed by atoms with Crippen LogP contribution in [0.5, 0.6) is 0 Å². The number of rotatable bonds is 6. The van der Waals surface area contributed by atoms with E-state index in [1.54, 1.807) is 0 Å². The van der Waals surface area contributed by atoms with Gasteiger partial charge in [0.15, 0.2) is 12.6 Å². The minimum Gasteiger partial charge on any atom is -0.385 e.